The highest BCUT2D eigenvalue weighted by Gasteiger charge is 2.57. The molecular weight excluding hydrogens is 368 g/mol. The fourth-order valence-corrected chi connectivity index (χ4v) is 9.13. The van der Waals surface area contributed by atoms with Gasteiger partial charge in [0.05, 0.1) is 5.92 Å². The normalized spacial score (nSPS) is 43.5. The van der Waals surface area contributed by atoms with Crippen LogP contribution in [-0.2, 0) is 9.53 Å². The summed E-state index contributed by atoms with van der Waals surface area (Å²) in [7, 11) is 0. The van der Waals surface area contributed by atoms with Crippen molar-refractivity contribution >= 4 is 5.97 Å². The number of carbonyl (C=O) groups is 1. The van der Waals surface area contributed by atoms with Crippen LogP contribution < -0.4 is 0 Å². The number of rotatable bonds is 2. The Labute approximate surface area is 184 Å². The molecule has 0 spiro atoms. The fourth-order valence-electron chi connectivity index (χ4n) is 9.13. The summed E-state index contributed by atoms with van der Waals surface area (Å²) in [5, 5.41) is 0. The van der Waals surface area contributed by atoms with E-state index in [1.54, 1.807) is 5.57 Å². The maximum atomic E-state index is 12.8. The molecule has 0 heterocycles. The summed E-state index contributed by atoms with van der Waals surface area (Å²) in [6.45, 7) is 10.2. The third-order valence-corrected chi connectivity index (χ3v) is 10.6. The average molecular weight is 413 g/mol. The van der Waals surface area contributed by atoms with Gasteiger partial charge in [-0.25, -0.2) is 0 Å². The van der Waals surface area contributed by atoms with Crippen molar-refractivity contribution in [3.05, 3.63) is 11.1 Å². The van der Waals surface area contributed by atoms with Crippen LogP contribution >= 0.6 is 0 Å². The Morgan fingerprint density at radius 1 is 0.900 bits per heavy atom. The van der Waals surface area contributed by atoms with E-state index in [4.69, 9.17) is 4.74 Å². The molecular formula is C28H44O2. The zero-order chi connectivity index (χ0) is 21.1. The summed E-state index contributed by atoms with van der Waals surface area (Å²) in [6, 6.07) is 0. The summed E-state index contributed by atoms with van der Waals surface area (Å²) in [6.07, 6.45) is 17.6. The topological polar surface area (TPSA) is 26.3 Å². The highest BCUT2D eigenvalue weighted by atomic mass is 16.5. The van der Waals surface area contributed by atoms with E-state index in [1.807, 2.05) is 5.57 Å². The minimum Gasteiger partial charge on any atom is -0.462 e. The van der Waals surface area contributed by atoms with Crippen LogP contribution in [0, 0.1) is 34.0 Å². The highest BCUT2D eigenvalue weighted by molar-refractivity contribution is 5.72. The van der Waals surface area contributed by atoms with E-state index in [2.05, 4.69) is 27.7 Å². The largest absolute Gasteiger partial charge is 0.462 e. The number of allylic oxidation sites excluding steroid dienone is 1. The molecule has 0 radical (unpaired) electrons. The smallest absolute Gasteiger partial charge is 0.309 e. The fraction of sp³-hybridized carbons (Fsp3) is 0.893. The average Bonchev–Trinajstić information content (AvgIpc) is 3.04. The Kier molecular flexibility index (Phi) is 5.18. The van der Waals surface area contributed by atoms with Gasteiger partial charge in [0.2, 0.25) is 0 Å². The number of carbonyl (C=O) groups excluding carboxylic acids is 1. The first-order chi connectivity index (χ1) is 14.2. The molecule has 4 fully saturated rings. The van der Waals surface area contributed by atoms with Crippen molar-refractivity contribution in [1.29, 1.82) is 0 Å². The monoisotopic (exact) mass is 412 g/mol. The third kappa shape index (κ3) is 3.30. The van der Waals surface area contributed by atoms with Crippen LogP contribution in [0.4, 0.5) is 0 Å². The van der Waals surface area contributed by atoms with Gasteiger partial charge in [-0.05, 0) is 85.9 Å². The van der Waals surface area contributed by atoms with Gasteiger partial charge >= 0.3 is 5.97 Å². The van der Waals surface area contributed by atoms with Crippen LogP contribution in [0.1, 0.15) is 118 Å². The molecule has 0 aromatic rings. The Bertz CT molecular complexity index is 727. The summed E-state index contributed by atoms with van der Waals surface area (Å²) in [4.78, 5) is 12.8. The first-order valence-electron chi connectivity index (χ1n) is 13.2. The van der Waals surface area contributed by atoms with Crippen LogP contribution in [0.15, 0.2) is 11.1 Å². The lowest BCUT2D eigenvalue weighted by Gasteiger charge is -2.60. The van der Waals surface area contributed by atoms with E-state index in [-0.39, 0.29) is 23.4 Å². The van der Waals surface area contributed by atoms with Crippen LogP contribution in [0.3, 0.4) is 0 Å². The number of hydrogen-bond donors (Lipinski definition) is 0. The van der Waals surface area contributed by atoms with Gasteiger partial charge in [0, 0.05) is 6.42 Å². The van der Waals surface area contributed by atoms with E-state index in [0.717, 1.165) is 37.5 Å². The lowest BCUT2D eigenvalue weighted by atomic mass is 9.45. The third-order valence-electron chi connectivity index (χ3n) is 10.6. The van der Waals surface area contributed by atoms with E-state index in [9.17, 15) is 4.79 Å². The molecule has 1 unspecified atom stereocenters. The van der Waals surface area contributed by atoms with Crippen molar-refractivity contribution in [1.82, 2.24) is 0 Å². The lowest BCUT2D eigenvalue weighted by molar-refractivity contribution is -0.155. The Morgan fingerprint density at radius 3 is 2.43 bits per heavy atom. The SMILES string of the molecule is CC1(C)CCC[C@@]2(C)C1CCC1=C3C[C@H](OC(=O)C4CCCCC4)C[C@@]3(C)CC[C@@H]12. The second kappa shape index (κ2) is 7.38. The highest BCUT2D eigenvalue weighted by Crippen LogP contribution is 2.66. The lowest BCUT2D eigenvalue weighted by Crippen LogP contribution is -2.51. The van der Waals surface area contributed by atoms with Crippen molar-refractivity contribution in [3.8, 4) is 0 Å². The molecule has 168 valence electrons. The van der Waals surface area contributed by atoms with Crippen molar-refractivity contribution in [3.63, 3.8) is 0 Å². The van der Waals surface area contributed by atoms with Gasteiger partial charge in [-0.1, -0.05) is 64.5 Å². The zero-order valence-corrected chi connectivity index (χ0v) is 20.0. The molecule has 4 saturated carbocycles. The predicted molar refractivity (Wildman–Crippen MR) is 122 cm³/mol. The first-order valence-corrected chi connectivity index (χ1v) is 13.2. The Balaban J connectivity index is 1.37. The van der Waals surface area contributed by atoms with E-state index >= 15 is 0 Å². The van der Waals surface area contributed by atoms with Crippen LogP contribution in [0.25, 0.3) is 0 Å². The van der Waals surface area contributed by atoms with Crippen molar-refractivity contribution in [2.24, 2.45) is 34.0 Å². The number of fused-ring (bicyclic) bond motifs is 4. The molecule has 5 atom stereocenters. The predicted octanol–water partition coefficient (Wildman–Crippen LogP) is 7.61. The van der Waals surface area contributed by atoms with Gasteiger partial charge in [-0.2, -0.15) is 0 Å². The first kappa shape index (κ1) is 21.1. The van der Waals surface area contributed by atoms with Crippen LogP contribution in [0.5, 0.6) is 0 Å². The molecule has 0 aromatic carbocycles. The maximum Gasteiger partial charge on any atom is 0.309 e. The zero-order valence-electron chi connectivity index (χ0n) is 20.0. The summed E-state index contributed by atoms with van der Waals surface area (Å²) < 4.78 is 6.18. The van der Waals surface area contributed by atoms with Crippen molar-refractivity contribution < 1.29 is 9.53 Å². The number of hydrogen-bond acceptors (Lipinski definition) is 2. The Morgan fingerprint density at radius 2 is 1.67 bits per heavy atom. The van der Waals surface area contributed by atoms with E-state index < -0.39 is 0 Å². The summed E-state index contributed by atoms with van der Waals surface area (Å²) in [5.74, 6) is 1.96. The molecule has 5 aliphatic carbocycles. The maximum absolute atomic E-state index is 12.8. The van der Waals surface area contributed by atoms with Gasteiger partial charge in [-0.3, -0.25) is 4.79 Å². The molecule has 2 heteroatoms. The molecule has 0 saturated heterocycles. The molecule has 5 aliphatic rings. The van der Waals surface area contributed by atoms with E-state index in [0.29, 0.717) is 10.8 Å². The van der Waals surface area contributed by atoms with Gasteiger partial charge in [-0.15, -0.1) is 0 Å². The molecule has 2 nitrogen and oxygen atoms in total. The molecule has 0 bridgehead atoms. The molecule has 0 amide bonds. The standard InChI is InChI=1S/C28H44O2/c1-26(2)14-8-15-28(4)22-13-16-27(3)18-20(17-23(27)21(22)11-12-24(26)28)30-25(29)19-9-6-5-7-10-19/h19-20,22,24H,5-18H2,1-4H3/t20-,22-,24?,27+,28+/m0/s1. The molecule has 0 aliphatic heterocycles. The Hall–Kier alpha value is -0.790. The van der Waals surface area contributed by atoms with Gasteiger partial charge in [0.25, 0.3) is 0 Å². The molecule has 5 rings (SSSR count). The van der Waals surface area contributed by atoms with Crippen molar-refractivity contribution in [2.75, 3.05) is 0 Å². The molecule has 0 aromatic heterocycles. The molecule has 30 heavy (non-hydrogen) atoms. The minimum atomic E-state index is 0.119. The van der Waals surface area contributed by atoms with Crippen molar-refractivity contribution in [2.45, 2.75) is 124 Å². The second-order valence-corrected chi connectivity index (χ2v) is 12.9. The van der Waals surface area contributed by atoms with E-state index in [1.165, 1.54) is 64.2 Å². The number of esters is 1. The molecule has 0 N–H and O–H groups in total. The van der Waals surface area contributed by atoms with Gasteiger partial charge in [0.1, 0.15) is 6.10 Å². The van der Waals surface area contributed by atoms with Gasteiger partial charge in [0.15, 0.2) is 0 Å². The van der Waals surface area contributed by atoms with Crippen LogP contribution in [0.2, 0.25) is 0 Å². The van der Waals surface area contributed by atoms with Crippen LogP contribution in [-0.4, -0.2) is 12.1 Å². The summed E-state index contributed by atoms with van der Waals surface area (Å²) >= 11 is 0. The minimum absolute atomic E-state index is 0.119. The second-order valence-electron chi connectivity index (χ2n) is 12.9. The summed E-state index contributed by atoms with van der Waals surface area (Å²) in [5.41, 5.74) is 4.81. The van der Waals surface area contributed by atoms with Gasteiger partial charge < -0.3 is 4.74 Å². The quantitative estimate of drug-likeness (QED) is 0.344. The number of ether oxygens (including phenoxy) is 1.